The molecule has 1 aliphatic heterocycles. The van der Waals surface area contributed by atoms with Crippen LogP contribution >= 0.6 is 0 Å². The number of piperazine rings is 1. The molecule has 1 fully saturated rings. The van der Waals surface area contributed by atoms with Gasteiger partial charge >= 0.3 is 0 Å². The highest BCUT2D eigenvalue weighted by atomic mass is 19.2. The molecule has 0 unspecified atom stereocenters. The normalized spacial score (nSPS) is 17.5. The van der Waals surface area contributed by atoms with E-state index in [1.54, 1.807) is 6.07 Å². The zero-order valence-corrected chi connectivity index (χ0v) is 18.4. The van der Waals surface area contributed by atoms with Crippen LogP contribution in [0.2, 0.25) is 0 Å². The number of hydrogen-bond donors (Lipinski definition) is 0. The number of carbonyl (C=O) groups is 1. The van der Waals surface area contributed by atoms with E-state index < -0.39 is 11.6 Å². The molecule has 2 atom stereocenters. The average Bonchev–Trinajstić information content (AvgIpc) is 2.77. The first kappa shape index (κ1) is 22.9. The Bertz CT molecular complexity index is 896. The molecular formula is C23H30F2N4O2. The Kier molecular flexibility index (Phi) is 7.76. The number of unbranched alkanes of at least 4 members (excludes halogenated alkanes) is 1. The lowest BCUT2D eigenvalue weighted by Gasteiger charge is -2.41. The summed E-state index contributed by atoms with van der Waals surface area (Å²) in [5.41, 5.74) is 0. The van der Waals surface area contributed by atoms with Gasteiger partial charge in [-0.05, 0) is 31.9 Å². The van der Waals surface area contributed by atoms with Gasteiger partial charge < -0.3 is 14.5 Å². The van der Waals surface area contributed by atoms with Crippen molar-refractivity contribution in [2.45, 2.75) is 52.5 Å². The number of amides is 1. The van der Waals surface area contributed by atoms with E-state index >= 15 is 0 Å². The van der Waals surface area contributed by atoms with Gasteiger partial charge in [0.1, 0.15) is 17.9 Å². The molecule has 31 heavy (non-hydrogen) atoms. The van der Waals surface area contributed by atoms with Crippen molar-refractivity contribution in [3.63, 3.8) is 0 Å². The highest BCUT2D eigenvalue weighted by molar-refractivity contribution is 5.79. The summed E-state index contributed by atoms with van der Waals surface area (Å²) in [7, 11) is 0. The molecule has 1 aliphatic rings. The van der Waals surface area contributed by atoms with Crippen molar-refractivity contribution >= 4 is 11.7 Å². The smallest absolute Gasteiger partial charge is 0.226 e. The third kappa shape index (κ3) is 5.68. The average molecular weight is 433 g/mol. The summed E-state index contributed by atoms with van der Waals surface area (Å²) < 4.78 is 32.1. The topological polar surface area (TPSA) is 58.6 Å². The lowest BCUT2D eigenvalue weighted by atomic mass is 9.96. The molecule has 2 heterocycles. The number of rotatable bonds is 8. The number of aromatic nitrogens is 2. The van der Waals surface area contributed by atoms with Crippen LogP contribution in [-0.2, 0) is 4.79 Å². The largest absolute Gasteiger partial charge is 0.439 e. The summed E-state index contributed by atoms with van der Waals surface area (Å²) in [6.07, 6.45) is 5.35. The van der Waals surface area contributed by atoms with Gasteiger partial charge in [0.05, 0.1) is 0 Å². The molecular weight excluding hydrogens is 402 g/mol. The van der Waals surface area contributed by atoms with Crippen LogP contribution in [0.5, 0.6) is 11.6 Å². The number of anilines is 1. The van der Waals surface area contributed by atoms with E-state index in [0.29, 0.717) is 25.5 Å². The van der Waals surface area contributed by atoms with Gasteiger partial charge in [-0.3, -0.25) is 4.79 Å². The van der Waals surface area contributed by atoms with Gasteiger partial charge in [0.15, 0.2) is 11.6 Å². The summed E-state index contributed by atoms with van der Waals surface area (Å²) in [4.78, 5) is 25.5. The maximum Gasteiger partial charge on any atom is 0.226 e. The lowest BCUT2D eigenvalue weighted by molar-refractivity contribution is -0.138. The minimum absolute atomic E-state index is 0.0578. The van der Waals surface area contributed by atoms with Gasteiger partial charge in [-0.2, -0.15) is 0 Å². The minimum atomic E-state index is -0.981. The van der Waals surface area contributed by atoms with Crippen molar-refractivity contribution in [1.29, 1.82) is 0 Å². The van der Waals surface area contributed by atoms with Crippen molar-refractivity contribution in [2.24, 2.45) is 5.92 Å². The monoisotopic (exact) mass is 432 g/mol. The van der Waals surface area contributed by atoms with Crippen LogP contribution in [-0.4, -0.2) is 46.5 Å². The first-order valence-corrected chi connectivity index (χ1v) is 10.9. The predicted molar refractivity (Wildman–Crippen MR) is 115 cm³/mol. The van der Waals surface area contributed by atoms with E-state index in [2.05, 4.69) is 35.6 Å². The highest BCUT2D eigenvalue weighted by Gasteiger charge is 2.31. The van der Waals surface area contributed by atoms with Gasteiger partial charge in [0, 0.05) is 43.7 Å². The zero-order valence-electron chi connectivity index (χ0n) is 18.4. The molecule has 1 aromatic carbocycles. The van der Waals surface area contributed by atoms with Crippen molar-refractivity contribution in [3.05, 3.63) is 42.2 Å². The van der Waals surface area contributed by atoms with E-state index in [1.807, 2.05) is 4.90 Å². The van der Waals surface area contributed by atoms with Crippen molar-refractivity contribution in [3.8, 4) is 11.6 Å². The third-order valence-corrected chi connectivity index (χ3v) is 5.72. The first-order chi connectivity index (χ1) is 14.9. The fourth-order valence-corrected chi connectivity index (χ4v) is 3.90. The molecule has 1 aromatic heterocycles. The summed E-state index contributed by atoms with van der Waals surface area (Å²) in [6, 6.07) is 5.06. The van der Waals surface area contributed by atoms with Gasteiger partial charge in [0.2, 0.25) is 11.8 Å². The second-order valence-electron chi connectivity index (χ2n) is 7.97. The van der Waals surface area contributed by atoms with Crippen LogP contribution in [0.15, 0.2) is 30.6 Å². The Morgan fingerprint density at radius 2 is 2.00 bits per heavy atom. The lowest BCUT2D eigenvalue weighted by Crippen LogP contribution is -2.55. The molecule has 1 amide bonds. The Hall–Kier alpha value is -2.77. The number of benzene rings is 1. The molecule has 0 saturated carbocycles. The van der Waals surface area contributed by atoms with Crippen LogP contribution in [0.1, 0.15) is 46.5 Å². The first-order valence-electron chi connectivity index (χ1n) is 10.9. The molecule has 0 bridgehead atoms. The van der Waals surface area contributed by atoms with E-state index in [0.717, 1.165) is 37.8 Å². The van der Waals surface area contributed by atoms with Crippen LogP contribution in [0, 0.1) is 17.6 Å². The van der Waals surface area contributed by atoms with E-state index in [4.69, 9.17) is 4.74 Å². The minimum Gasteiger partial charge on any atom is -0.439 e. The van der Waals surface area contributed by atoms with Gasteiger partial charge in [-0.25, -0.2) is 18.7 Å². The Morgan fingerprint density at radius 3 is 2.68 bits per heavy atom. The maximum absolute atomic E-state index is 13.4. The van der Waals surface area contributed by atoms with E-state index in [-0.39, 0.29) is 29.5 Å². The Balaban J connectivity index is 1.65. The Morgan fingerprint density at radius 1 is 1.19 bits per heavy atom. The van der Waals surface area contributed by atoms with Crippen molar-refractivity contribution in [2.75, 3.05) is 24.5 Å². The maximum atomic E-state index is 13.4. The van der Waals surface area contributed by atoms with Gasteiger partial charge in [0.25, 0.3) is 0 Å². The predicted octanol–water partition coefficient (Wildman–Crippen LogP) is 4.80. The number of nitrogens with zero attached hydrogens (tertiary/aromatic N) is 4. The number of halogens is 2. The molecule has 0 radical (unpaired) electrons. The highest BCUT2D eigenvalue weighted by Crippen LogP contribution is 2.26. The molecule has 3 rings (SSSR count). The molecule has 6 nitrogen and oxygen atoms in total. The van der Waals surface area contributed by atoms with Gasteiger partial charge in [-0.15, -0.1) is 0 Å². The fourth-order valence-electron chi connectivity index (χ4n) is 3.90. The van der Waals surface area contributed by atoms with Crippen LogP contribution in [0.4, 0.5) is 14.6 Å². The standard InChI is InChI=1S/C23H30F2N4O2/c1-4-6-7-17(5-2)23(30)29-11-10-28(14-16(29)3)21-13-22(27-15-26-21)31-18-8-9-19(24)20(25)12-18/h8-9,12-13,15-17H,4-7,10-11,14H2,1-3H3/t16-,17+/m0/s1. The molecule has 2 aromatic rings. The van der Waals surface area contributed by atoms with Crippen molar-refractivity contribution < 1.29 is 18.3 Å². The molecule has 0 spiro atoms. The molecule has 168 valence electrons. The second-order valence-corrected chi connectivity index (χ2v) is 7.97. The molecule has 8 heteroatoms. The summed E-state index contributed by atoms with van der Waals surface area (Å²) in [6.45, 7) is 8.21. The van der Waals surface area contributed by atoms with E-state index in [1.165, 1.54) is 12.4 Å². The molecule has 0 N–H and O–H groups in total. The number of ether oxygens (including phenoxy) is 1. The number of hydrogen-bond acceptors (Lipinski definition) is 5. The van der Waals surface area contributed by atoms with Gasteiger partial charge in [-0.1, -0.05) is 26.7 Å². The Labute approximate surface area is 182 Å². The van der Waals surface area contributed by atoms with Crippen molar-refractivity contribution in [1.82, 2.24) is 14.9 Å². The van der Waals surface area contributed by atoms with Crippen LogP contribution in [0.25, 0.3) is 0 Å². The van der Waals surface area contributed by atoms with E-state index in [9.17, 15) is 13.6 Å². The number of carbonyl (C=O) groups excluding carboxylic acids is 1. The molecule has 1 saturated heterocycles. The van der Waals surface area contributed by atoms with Crippen LogP contribution in [0.3, 0.4) is 0 Å². The quantitative estimate of drug-likeness (QED) is 0.600. The second kappa shape index (κ2) is 10.5. The summed E-state index contributed by atoms with van der Waals surface area (Å²) in [5, 5.41) is 0. The third-order valence-electron chi connectivity index (χ3n) is 5.72. The SMILES string of the molecule is CCCC[C@@H](CC)C(=O)N1CCN(c2cc(Oc3ccc(F)c(F)c3)ncn2)C[C@@H]1C. The summed E-state index contributed by atoms with van der Waals surface area (Å²) >= 11 is 0. The van der Waals surface area contributed by atoms with Crippen LogP contribution < -0.4 is 9.64 Å². The fraction of sp³-hybridized carbons (Fsp3) is 0.522. The zero-order chi connectivity index (χ0) is 22.4. The summed E-state index contributed by atoms with van der Waals surface area (Å²) in [5.74, 6) is -0.512. The molecule has 0 aliphatic carbocycles.